The van der Waals surface area contributed by atoms with Crippen LogP contribution in [0.5, 0.6) is 5.75 Å². The molecule has 0 spiro atoms. The van der Waals surface area contributed by atoms with Crippen LogP contribution in [0, 0.1) is 5.92 Å². The van der Waals surface area contributed by atoms with Crippen molar-refractivity contribution < 1.29 is 19.1 Å². The summed E-state index contributed by atoms with van der Waals surface area (Å²) in [6.07, 6.45) is 4.90. The Balaban J connectivity index is 1.72. The molecule has 2 fully saturated rings. The Morgan fingerprint density at radius 3 is 2.42 bits per heavy atom. The van der Waals surface area contributed by atoms with Crippen molar-refractivity contribution in [2.75, 3.05) is 40.3 Å². The van der Waals surface area contributed by atoms with Crippen molar-refractivity contribution >= 4 is 17.7 Å². The van der Waals surface area contributed by atoms with Gasteiger partial charge in [0, 0.05) is 33.0 Å². The van der Waals surface area contributed by atoms with Crippen LogP contribution in [-0.2, 0) is 20.8 Å². The first-order valence-corrected chi connectivity index (χ1v) is 12.1. The summed E-state index contributed by atoms with van der Waals surface area (Å²) in [7, 11) is 3.22. The fourth-order valence-electron chi connectivity index (χ4n) is 4.16. The van der Waals surface area contributed by atoms with Gasteiger partial charge in [-0.05, 0) is 69.3 Å². The van der Waals surface area contributed by atoms with E-state index in [1.54, 1.807) is 21.1 Å². The minimum absolute atomic E-state index is 0.131. The van der Waals surface area contributed by atoms with Gasteiger partial charge in [0.1, 0.15) is 17.8 Å². The lowest BCUT2D eigenvalue weighted by Gasteiger charge is -2.29. The summed E-state index contributed by atoms with van der Waals surface area (Å²) in [6, 6.07) is 6.09. The lowest BCUT2D eigenvalue weighted by atomic mass is 10.0. The number of likely N-dealkylation sites (N-methyl/N-ethyl adjacent to an activating group) is 1. The molecule has 2 N–H and O–H groups in total. The van der Waals surface area contributed by atoms with E-state index >= 15 is 0 Å². The van der Waals surface area contributed by atoms with Gasteiger partial charge < -0.3 is 25.2 Å². The van der Waals surface area contributed by atoms with E-state index in [0.29, 0.717) is 19.4 Å². The molecule has 2 atom stereocenters. The van der Waals surface area contributed by atoms with Crippen molar-refractivity contribution in [1.29, 1.82) is 0 Å². The summed E-state index contributed by atoms with van der Waals surface area (Å²) in [5, 5.41) is 5.90. The Bertz CT molecular complexity index is 809. The third-order valence-electron chi connectivity index (χ3n) is 6.58. The van der Waals surface area contributed by atoms with Gasteiger partial charge in [0.2, 0.25) is 17.7 Å². The van der Waals surface area contributed by atoms with E-state index < -0.39 is 12.1 Å². The number of nitrogens with one attached hydrogen (secondary N) is 2. The SMILES string of the molecule is COc1ccc(C[C@@H]2NC(=O)CCCN(CC3CC3)CCCNC(=O)[C@H](C)N(C)C2=O)cc1. The maximum absolute atomic E-state index is 13.3. The zero-order valence-electron chi connectivity index (χ0n) is 20.1. The van der Waals surface area contributed by atoms with Crippen LogP contribution in [0.3, 0.4) is 0 Å². The molecule has 8 nitrogen and oxygen atoms in total. The number of methoxy groups -OCH3 is 1. The number of nitrogens with zero attached hydrogens (tertiary/aromatic N) is 2. The van der Waals surface area contributed by atoms with Crippen LogP contribution in [0.15, 0.2) is 24.3 Å². The number of benzene rings is 1. The molecular formula is C25H38N4O4. The van der Waals surface area contributed by atoms with Crippen molar-refractivity contribution in [1.82, 2.24) is 20.4 Å². The highest BCUT2D eigenvalue weighted by molar-refractivity contribution is 5.92. The van der Waals surface area contributed by atoms with Gasteiger partial charge in [-0.2, -0.15) is 0 Å². The molecule has 0 bridgehead atoms. The Morgan fingerprint density at radius 1 is 1.06 bits per heavy atom. The summed E-state index contributed by atoms with van der Waals surface area (Å²) in [5.41, 5.74) is 0.911. The Hall–Kier alpha value is -2.61. The average molecular weight is 459 g/mol. The van der Waals surface area contributed by atoms with Gasteiger partial charge in [-0.15, -0.1) is 0 Å². The first-order valence-electron chi connectivity index (χ1n) is 12.1. The minimum atomic E-state index is -0.737. The van der Waals surface area contributed by atoms with E-state index in [-0.39, 0.29) is 17.7 Å². The molecule has 0 unspecified atom stereocenters. The monoisotopic (exact) mass is 458 g/mol. The fraction of sp³-hybridized carbons (Fsp3) is 0.640. The molecular weight excluding hydrogens is 420 g/mol. The molecule has 1 heterocycles. The zero-order chi connectivity index (χ0) is 23.8. The number of ether oxygens (including phenoxy) is 1. The van der Waals surface area contributed by atoms with Crippen LogP contribution in [0.1, 0.15) is 44.6 Å². The van der Waals surface area contributed by atoms with E-state index in [1.807, 2.05) is 24.3 Å². The predicted octanol–water partition coefficient (Wildman–Crippen LogP) is 1.58. The Labute approximate surface area is 197 Å². The largest absolute Gasteiger partial charge is 0.497 e. The van der Waals surface area contributed by atoms with Crippen LogP contribution >= 0.6 is 0 Å². The molecule has 0 radical (unpaired) electrons. The van der Waals surface area contributed by atoms with E-state index in [2.05, 4.69) is 15.5 Å². The van der Waals surface area contributed by atoms with Crippen LogP contribution in [0.4, 0.5) is 0 Å². The first-order chi connectivity index (χ1) is 15.9. The van der Waals surface area contributed by atoms with Crippen molar-refractivity contribution in [2.24, 2.45) is 5.92 Å². The first kappa shape index (κ1) is 25.0. The van der Waals surface area contributed by atoms with Gasteiger partial charge in [-0.3, -0.25) is 14.4 Å². The lowest BCUT2D eigenvalue weighted by Crippen LogP contribution is -2.54. The van der Waals surface area contributed by atoms with Gasteiger partial charge in [0.25, 0.3) is 0 Å². The molecule has 1 aromatic rings. The molecule has 3 amide bonds. The third-order valence-corrected chi connectivity index (χ3v) is 6.58. The van der Waals surface area contributed by atoms with Gasteiger partial charge in [0.15, 0.2) is 0 Å². The standard InChI is InChI=1S/C25H38N4O4/c1-18-24(31)26-13-5-15-29(17-20-7-8-20)14-4-6-23(30)27-22(25(32)28(18)2)16-19-9-11-21(33-3)12-10-19/h9-12,18,20,22H,4-8,13-17H2,1-3H3,(H,26,31)(H,27,30)/t18-,22-/m0/s1. The fourth-order valence-corrected chi connectivity index (χ4v) is 4.16. The minimum Gasteiger partial charge on any atom is -0.497 e. The second-order valence-corrected chi connectivity index (χ2v) is 9.29. The molecule has 33 heavy (non-hydrogen) atoms. The van der Waals surface area contributed by atoms with E-state index in [1.165, 1.54) is 17.7 Å². The molecule has 2 aliphatic rings. The van der Waals surface area contributed by atoms with E-state index in [4.69, 9.17) is 4.74 Å². The highest BCUT2D eigenvalue weighted by Gasteiger charge is 2.30. The van der Waals surface area contributed by atoms with Crippen LogP contribution < -0.4 is 15.4 Å². The summed E-state index contributed by atoms with van der Waals surface area (Å²) >= 11 is 0. The third kappa shape index (κ3) is 7.74. The summed E-state index contributed by atoms with van der Waals surface area (Å²) in [4.78, 5) is 42.6. The van der Waals surface area contributed by atoms with Crippen molar-refractivity contribution in [3.8, 4) is 5.75 Å². The molecule has 0 aromatic heterocycles. The predicted molar refractivity (Wildman–Crippen MR) is 127 cm³/mol. The summed E-state index contributed by atoms with van der Waals surface area (Å²) in [6.45, 7) is 5.12. The lowest BCUT2D eigenvalue weighted by molar-refractivity contribution is -0.141. The van der Waals surface area contributed by atoms with Crippen LogP contribution in [0.2, 0.25) is 0 Å². The van der Waals surface area contributed by atoms with Gasteiger partial charge in [-0.1, -0.05) is 12.1 Å². The van der Waals surface area contributed by atoms with Gasteiger partial charge >= 0.3 is 0 Å². The number of amides is 3. The van der Waals surface area contributed by atoms with E-state index in [0.717, 1.165) is 49.7 Å². The van der Waals surface area contributed by atoms with Crippen molar-refractivity contribution in [3.05, 3.63) is 29.8 Å². The van der Waals surface area contributed by atoms with Crippen LogP contribution in [0.25, 0.3) is 0 Å². The smallest absolute Gasteiger partial charge is 0.245 e. The molecule has 3 rings (SSSR count). The highest BCUT2D eigenvalue weighted by atomic mass is 16.5. The number of carbonyl (C=O) groups excluding carboxylic acids is 3. The van der Waals surface area contributed by atoms with E-state index in [9.17, 15) is 14.4 Å². The molecule has 1 aliphatic heterocycles. The maximum atomic E-state index is 13.3. The second kappa shape index (κ2) is 12.0. The molecule has 182 valence electrons. The average Bonchev–Trinajstić information content (AvgIpc) is 3.63. The molecule has 1 aliphatic carbocycles. The van der Waals surface area contributed by atoms with Crippen molar-refractivity contribution in [3.63, 3.8) is 0 Å². The zero-order valence-corrected chi connectivity index (χ0v) is 20.1. The molecule has 8 heteroatoms. The second-order valence-electron chi connectivity index (χ2n) is 9.29. The number of rotatable bonds is 5. The summed E-state index contributed by atoms with van der Waals surface area (Å²) in [5.74, 6) is 0.926. The van der Waals surface area contributed by atoms with Gasteiger partial charge in [0.05, 0.1) is 7.11 Å². The Kier molecular flexibility index (Phi) is 9.11. The normalized spacial score (nSPS) is 24.5. The number of hydrogen-bond acceptors (Lipinski definition) is 5. The molecule has 1 saturated carbocycles. The van der Waals surface area contributed by atoms with Gasteiger partial charge in [-0.25, -0.2) is 0 Å². The van der Waals surface area contributed by atoms with Crippen LogP contribution in [-0.4, -0.2) is 79.9 Å². The number of carbonyl (C=O) groups is 3. The quantitative estimate of drug-likeness (QED) is 0.699. The Morgan fingerprint density at radius 2 is 1.76 bits per heavy atom. The molecule has 1 aromatic carbocycles. The molecule has 1 saturated heterocycles. The summed E-state index contributed by atoms with van der Waals surface area (Å²) < 4.78 is 5.21. The maximum Gasteiger partial charge on any atom is 0.245 e. The van der Waals surface area contributed by atoms with Crippen molar-refractivity contribution in [2.45, 2.75) is 57.5 Å². The topological polar surface area (TPSA) is 91.0 Å². The number of hydrogen-bond donors (Lipinski definition) is 2. The highest BCUT2D eigenvalue weighted by Crippen LogP contribution is 2.29.